The van der Waals surface area contributed by atoms with Gasteiger partial charge in [-0.1, -0.05) is 19.3 Å². The number of nitrogens with zero attached hydrogens (tertiary/aromatic N) is 1. The van der Waals surface area contributed by atoms with Crippen LogP contribution in [0.25, 0.3) is 0 Å². The van der Waals surface area contributed by atoms with E-state index in [4.69, 9.17) is 10.5 Å². The van der Waals surface area contributed by atoms with Crippen LogP contribution in [0.15, 0.2) is 4.99 Å². The summed E-state index contributed by atoms with van der Waals surface area (Å²) < 4.78 is 5.63. The second kappa shape index (κ2) is 6.97. The predicted molar refractivity (Wildman–Crippen MR) is 70.3 cm³/mol. The summed E-state index contributed by atoms with van der Waals surface area (Å²) in [6, 6.07) is 0. The van der Waals surface area contributed by atoms with Crippen molar-refractivity contribution in [3.05, 3.63) is 0 Å². The van der Waals surface area contributed by atoms with Gasteiger partial charge < -0.3 is 15.8 Å². The minimum atomic E-state index is 0.326. The minimum absolute atomic E-state index is 0.326. The summed E-state index contributed by atoms with van der Waals surface area (Å²) in [7, 11) is 0. The minimum Gasteiger partial charge on any atom is -0.387 e. The lowest BCUT2D eigenvalue weighted by atomic mass is 9.88. The molecule has 1 aliphatic carbocycles. The van der Waals surface area contributed by atoms with Crippen molar-refractivity contribution in [1.29, 1.82) is 0 Å². The van der Waals surface area contributed by atoms with Crippen molar-refractivity contribution in [3.8, 4) is 0 Å². The molecule has 1 saturated carbocycles. The Morgan fingerprint density at radius 2 is 2.12 bits per heavy atom. The first-order valence-corrected chi connectivity index (χ1v) is 6.98. The van der Waals surface area contributed by atoms with Crippen LogP contribution in [0.3, 0.4) is 0 Å². The van der Waals surface area contributed by atoms with Gasteiger partial charge in [0, 0.05) is 25.6 Å². The van der Waals surface area contributed by atoms with E-state index in [1.165, 1.54) is 32.1 Å². The average Bonchev–Trinajstić information content (AvgIpc) is 2.41. The van der Waals surface area contributed by atoms with E-state index in [2.05, 4.69) is 10.3 Å². The zero-order chi connectivity index (χ0) is 11.9. The van der Waals surface area contributed by atoms with Gasteiger partial charge >= 0.3 is 0 Å². The van der Waals surface area contributed by atoms with Crippen LogP contribution in [0, 0.1) is 5.92 Å². The van der Waals surface area contributed by atoms with Gasteiger partial charge in [0.2, 0.25) is 0 Å². The predicted octanol–water partition coefficient (Wildman–Crippen LogP) is 1.30. The van der Waals surface area contributed by atoms with Crippen LogP contribution in [-0.2, 0) is 4.74 Å². The zero-order valence-electron chi connectivity index (χ0n) is 10.7. The number of nitrogens with two attached hydrogens (primary N) is 1. The van der Waals surface area contributed by atoms with Gasteiger partial charge in [-0.25, -0.2) is 0 Å². The van der Waals surface area contributed by atoms with Gasteiger partial charge in [-0.05, 0) is 19.3 Å². The molecule has 4 nitrogen and oxygen atoms in total. The number of rotatable bonds is 4. The lowest BCUT2D eigenvalue weighted by Crippen LogP contribution is -2.38. The molecule has 1 aliphatic heterocycles. The Bertz CT molecular complexity index is 243. The summed E-state index contributed by atoms with van der Waals surface area (Å²) in [5.74, 6) is 1.43. The van der Waals surface area contributed by atoms with Crippen LogP contribution < -0.4 is 11.1 Å². The molecule has 0 aromatic carbocycles. The molecule has 1 atom stereocenters. The molecule has 2 fully saturated rings. The maximum absolute atomic E-state index is 6.06. The number of nitrogens with one attached hydrogen (secondary N) is 1. The Morgan fingerprint density at radius 3 is 2.82 bits per heavy atom. The summed E-state index contributed by atoms with van der Waals surface area (Å²) in [6.45, 7) is 3.57. The molecule has 4 heteroatoms. The molecule has 0 aromatic rings. The van der Waals surface area contributed by atoms with Gasteiger partial charge in [0.05, 0.1) is 18.5 Å². The van der Waals surface area contributed by atoms with E-state index < -0.39 is 0 Å². The largest absolute Gasteiger partial charge is 0.387 e. The SMILES string of the molecule is NC(=NCCC1CNCCO1)C1CCCCC1. The molecule has 0 radical (unpaired) electrons. The highest BCUT2D eigenvalue weighted by atomic mass is 16.5. The Hall–Kier alpha value is -0.610. The lowest BCUT2D eigenvalue weighted by molar-refractivity contribution is 0.0252. The van der Waals surface area contributed by atoms with Crippen molar-refractivity contribution in [3.63, 3.8) is 0 Å². The maximum Gasteiger partial charge on any atom is 0.0968 e. The number of hydrogen-bond acceptors (Lipinski definition) is 3. The van der Waals surface area contributed by atoms with Gasteiger partial charge in [-0.15, -0.1) is 0 Å². The van der Waals surface area contributed by atoms with Crippen molar-refractivity contribution in [2.45, 2.75) is 44.6 Å². The number of morpholine rings is 1. The molecule has 0 amide bonds. The number of hydrogen-bond donors (Lipinski definition) is 2. The molecule has 0 spiro atoms. The smallest absolute Gasteiger partial charge is 0.0968 e. The fraction of sp³-hybridized carbons (Fsp3) is 0.923. The Balaban J connectivity index is 1.67. The second-order valence-corrected chi connectivity index (χ2v) is 5.13. The van der Waals surface area contributed by atoms with E-state index in [1.54, 1.807) is 0 Å². The van der Waals surface area contributed by atoms with Crippen molar-refractivity contribution in [1.82, 2.24) is 5.32 Å². The quantitative estimate of drug-likeness (QED) is 0.574. The van der Waals surface area contributed by atoms with Gasteiger partial charge in [-0.3, -0.25) is 4.99 Å². The van der Waals surface area contributed by atoms with Gasteiger partial charge in [0.25, 0.3) is 0 Å². The highest BCUT2D eigenvalue weighted by Crippen LogP contribution is 2.23. The van der Waals surface area contributed by atoms with E-state index in [-0.39, 0.29) is 0 Å². The molecular weight excluding hydrogens is 214 g/mol. The van der Waals surface area contributed by atoms with E-state index in [9.17, 15) is 0 Å². The van der Waals surface area contributed by atoms with Gasteiger partial charge in [-0.2, -0.15) is 0 Å². The monoisotopic (exact) mass is 239 g/mol. The van der Waals surface area contributed by atoms with E-state index >= 15 is 0 Å². The molecular formula is C13H25N3O. The van der Waals surface area contributed by atoms with E-state index in [0.29, 0.717) is 12.0 Å². The molecule has 98 valence electrons. The normalized spacial score (nSPS) is 28.2. The second-order valence-electron chi connectivity index (χ2n) is 5.13. The van der Waals surface area contributed by atoms with Crippen molar-refractivity contribution < 1.29 is 4.74 Å². The first kappa shape index (κ1) is 12.8. The highest BCUT2D eigenvalue weighted by Gasteiger charge is 2.17. The van der Waals surface area contributed by atoms with Crippen molar-refractivity contribution in [2.75, 3.05) is 26.2 Å². The molecule has 1 heterocycles. The van der Waals surface area contributed by atoms with Crippen LogP contribution in [0.2, 0.25) is 0 Å². The van der Waals surface area contributed by atoms with Crippen LogP contribution in [0.1, 0.15) is 38.5 Å². The molecule has 0 aromatic heterocycles. The third kappa shape index (κ3) is 4.28. The molecule has 3 N–H and O–H groups in total. The van der Waals surface area contributed by atoms with Crippen LogP contribution in [0.4, 0.5) is 0 Å². The Morgan fingerprint density at radius 1 is 1.29 bits per heavy atom. The Labute approximate surface area is 104 Å². The summed E-state index contributed by atoms with van der Waals surface area (Å²) in [5.41, 5.74) is 6.06. The number of aliphatic imine (C=N–C) groups is 1. The first-order valence-electron chi connectivity index (χ1n) is 6.98. The zero-order valence-corrected chi connectivity index (χ0v) is 10.7. The van der Waals surface area contributed by atoms with Crippen LogP contribution in [0.5, 0.6) is 0 Å². The third-order valence-corrected chi connectivity index (χ3v) is 3.77. The Kier molecular flexibility index (Phi) is 5.26. The van der Waals surface area contributed by atoms with E-state index in [1.807, 2.05) is 0 Å². The molecule has 1 saturated heterocycles. The number of ether oxygens (including phenoxy) is 1. The molecule has 1 unspecified atom stereocenters. The van der Waals surface area contributed by atoms with Gasteiger partial charge in [0.15, 0.2) is 0 Å². The van der Waals surface area contributed by atoms with Crippen LogP contribution in [-0.4, -0.2) is 38.2 Å². The van der Waals surface area contributed by atoms with E-state index in [0.717, 1.165) is 38.5 Å². The highest BCUT2D eigenvalue weighted by molar-refractivity contribution is 5.82. The molecule has 17 heavy (non-hydrogen) atoms. The average molecular weight is 239 g/mol. The lowest BCUT2D eigenvalue weighted by Gasteiger charge is -2.23. The summed E-state index contributed by atoms with van der Waals surface area (Å²) in [6.07, 6.45) is 7.78. The number of amidine groups is 1. The van der Waals surface area contributed by atoms with Crippen LogP contribution >= 0.6 is 0 Å². The van der Waals surface area contributed by atoms with Crippen molar-refractivity contribution >= 4 is 5.84 Å². The fourth-order valence-corrected chi connectivity index (χ4v) is 2.67. The summed E-state index contributed by atoms with van der Waals surface area (Å²) in [5, 5.41) is 3.33. The third-order valence-electron chi connectivity index (χ3n) is 3.77. The molecule has 0 bridgehead atoms. The standard InChI is InChI=1S/C13H25N3O/c14-13(11-4-2-1-3-5-11)16-7-6-12-10-15-8-9-17-12/h11-12,15H,1-10H2,(H2,14,16). The molecule has 2 rings (SSSR count). The first-order chi connectivity index (χ1) is 8.36. The summed E-state index contributed by atoms with van der Waals surface area (Å²) >= 11 is 0. The molecule has 2 aliphatic rings. The fourth-order valence-electron chi connectivity index (χ4n) is 2.67. The summed E-state index contributed by atoms with van der Waals surface area (Å²) in [4.78, 5) is 4.53. The maximum atomic E-state index is 6.06. The topological polar surface area (TPSA) is 59.6 Å². The van der Waals surface area contributed by atoms with Crippen molar-refractivity contribution in [2.24, 2.45) is 16.6 Å². The van der Waals surface area contributed by atoms with Gasteiger partial charge in [0.1, 0.15) is 0 Å².